The molecular weight excluding hydrogens is 298 g/mol. The second-order valence-corrected chi connectivity index (χ2v) is 6.40. The molecular formula is C16H25N3O4. The number of nitrogens with zero attached hydrogens (tertiary/aromatic N) is 2. The summed E-state index contributed by atoms with van der Waals surface area (Å²) in [7, 11) is 1.62. The molecule has 128 valence electrons. The number of nitrogens with one attached hydrogen (secondary N) is 1. The van der Waals surface area contributed by atoms with Crippen LogP contribution in [0.3, 0.4) is 0 Å². The second-order valence-electron chi connectivity index (χ2n) is 6.40. The average Bonchev–Trinajstić information content (AvgIpc) is 3.13. The van der Waals surface area contributed by atoms with Crippen molar-refractivity contribution in [3.8, 4) is 0 Å². The highest BCUT2D eigenvalue weighted by Gasteiger charge is 2.41. The first-order valence-electron chi connectivity index (χ1n) is 8.22. The van der Waals surface area contributed by atoms with Crippen LogP contribution in [0.25, 0.3) is 0 Å². The van der Waals surface area contributed by atoms with Crippen LogP contribution < -0.4 is 5.32 Å². The minimum atomic E-state index is -0.323. The van der Waals surface area contributed by atoms with E-state index in [2.05, 4.69) is 15.4 Å². The fourth-order valence-corrected chi connectivity index (χ4v) is 3.42. The number of methoxy groups -OCH3 is 1. The van der Waals surface area contributed by atoms with Crippen molar-refractivity contribution in [2.75, 3.05) is 33.4 Å². The zero-order valence-electron chi connectivity index (χ0n) is 13.8. The molecule has 0 bridgehead atoms. The third-order valence-electron chi connectivity index (χ3n) is 4.60. The predicted octanol–water partition coefficient (Wildman–Crippen LogP) is 0.725. The standard InChI is InChI=1S/C16H25N3O4/c1-11-7-13(18-23-11)9-19-5-3-12-8-14(22-15(12)10-19)16(20)17-4-6-21-2/h7,12,14-15H,3-6,8-10H2,1-2H3,(H,17,20)/t12-,14+,15+/m1/s1. The Hall–Kier alpha value is -1.44. The highest BCUT2D eigenvalue weighted by atomic mass is 16.5. The molecule has 3 heterocycles. The minimum absolute atomic E-state index is 0.0184. The van der Waals surface area contributed by atoms with Gasteiger partial charge in [-0.05, 0) is 32.2 Å². The van der Waals surface area contributed by atoms with Crippen LogP contribution in [0.5, 0.6) is 0 Å². The molecule has 7 nitrogen and oxygen atoms in total. The lowest BCUT2D eigenvalue weighted by Crippen LogP contribution is -2.42. The third-order valence-corrected chi connectivity index (χ3v) is 4.60. The SMILES string of the molecule is COCCNC(=O)[C@@H]1C[C@H]2CCN(Cc3cc(C)on3)C[C@@H]2O1. The predicted molar refractivity (Wildman–Crippen MR) is 82.8 cm³/mol. The number of fused-ring (bicyclic) bond motifs is 1. The van der Waals surface area contributed by atoms with Gasteiger partial charge in [0.2, 0.25) is 5.91 Å². The molecule has 1 aromatic rings. The Morgan fingerprint density at radius 2 is 2.43 bits per heavy atom. The average molecular weight is 323 g/mol. The highest BCUT2D eigenvalue weighted by Crippen LogP contribution is 2.33. The Balaban J connectivity index is 1.48. The first kappa shape index (κ1) is 16.4. The topological polar surface area (TPSA) is 76.8 Å². The van der Waals surface area contributed by atoms with Gasteiger partial charge in [0.1, 0.15) is 11.9 Å². The lowest BCUT2D eigenvalue weighted by Gasteiger charge is -2.33. The van der Waals surface area contributed by atoms with E-state index in [0.29, 0.717) is 19.1 Å². The Bertz CT molecular complexity index is 533. The van der Waals surface area contributed by atoms with E-state index in [1.807, 2.05) is 13.0 Å². The van der Waals surface area contributed by atoms with E-state index in [9.17, 15) is 4.79 Å². The van der Waals surface area contributed by atoms with Crippen LogP contribution in [0.4, 0.5) is 0 Å². The van der Waals surface area contributed by atoms with Crippen molar-refractivity contribution in [1.82, 2.24) is 15.4 Å². The molecule has 0 aromatic carbocycles. The number of likely N-dealkylation sites (tertiary alicyclic amines) is 1. The first-order chi connectivity index (χ1) is 11.2. The molecule has 0 aliphatic carbocycles. The maximum absolute atomic E-state index is 12.1. The van der Waals surface area contributed by atoms with Gasteiger partial charge in [-0.2, -0.15) is 0 Å². The third kappa shape index (κ3) is 4.10. The van der Waals surface area contributed by atoms with Crippen LogP contribution >= 0.6 is 0 Å². The monoisotopic (exact) mass is 323 g/mol. The lowest BCUT2D eigenvalue weighted by atomic mass is 9.91. The Morgan fingerprint density at radius 3 is 3.17 bits per heavy atom. The second kappa shape index (κ2) is 7.42. The number of carbonyl (C=O) groups is 1. The number of rotatable bonds is 6. The Labute approximate surface area is 136 Å². The molecule has 0 unspecified atom stereocenters. The first-order valence-corrected chi connectivity index (χ1v) is 8.22. The molecule has 3 atom stereocenters. The molecule has 2 fully saturated rings. The van der Waals surface area contributed by atoms with Gasteiger partial charge in [-0.15, -0.1) is 0 Å². The summed E-state index contributed by atoms with van der Waals surface area (Å²) in [4.78, 5) is 14.4. The van der Waals surface area contributed by atoms with E-state index in [1.54, 1.807) is 7.11 Å². The van der Waals surface area contributed by atoms with Crippen LogP contribution in [0.2, 0.25) is 0 Å². The summed E-state index contributed by atoms with van der Waals surface area (Å²) in [5, 5.41) is 6.91. The summed E-state index contributed by atoms with van der Waals surface area (Å²) < 4.78 is 16.1. The van der Waals surface area contributed by atoms with E-state index in [4.69, 9.17) is 14.0 Å². The van der Waals surface area contributed by atoms with Gasteiger partial charge in [0.15, 0.2) is 0 Å². The number of ether oxygens (including phenoxy) is 2. The van der Waals surface area contributed by atoms with E-state index in [1.165, 1.54) is 0 Å². The summed E-state index contributed by atoms with van der Waals surface area (Å²) in [5.41, 5.74) is 0.952. The quantitative estimate of drug-likeness (QED) is 0.778. The van der Waals surface area contributed by atoms with Crippen LogP contribution in [-0.4, -0.2) is 61.5 Å². The maximum atomic E-state index is 12.1. The largest absolute Gasteiger partial charge is 0.383 e. The van der Waals surface area contributed by atoms with Crippen molar-refractivity contribution in [2.45, 2.75) is 38.5 Å². The number of piperidine rings is 1. The van der Waals surface area contributed by atoms with E-state index in [0.717, 1.165) is 43.9 Å². The summed E-state index contributed by atoms with van der Waals surface area (Å²) in [6.07, 6.45) is 1.69. The van der Waals surface area contributed by atoms with Gasteiger partial charge in [-0.25, -0.2) is 0 Å². The highest BCUT2D eigenvalue weighted by molar-refractivity contribution is 5.81. The molecule has 0 spiro atoms. The van der Waals surface area contributed by atoms with Gasteiger partial charge in [-0.1, -0.05) is 5.16 Å². The zero-order chi connectivity index (χ0) is 16.2. The summed E-state index contributed by atoms with van der Waals surface area (Å²) >= 11 is 0. The molecule has 2 aliphatic rings. The number of amides is 1. The summed E-state index contributed by atoms with van der Waals surface area (Å²) in [6, 6.07) is 1.97. The maximum Gasteiger partial charge on any atom is 0.249 e. The molecule has 1 aromatic heterocycles. The fraction of sp³-hybridized carbons (Fsp3) is 0.750. The summed E-state index contributed by atoms with van der Waals surface area (Å²) in [5.74, 6) is 1.29. The number of hydrogen-bond donors (Lipinski definition) is 1. The Morgan fingerprint density at radius 1 is 1.57 bits per heavy atom. The number of hydrogen-bond acceptors (Lipinski definition) is 6. The Kier molecular flexibility index (Phi) is 5.30. The molecule has 2 saturated heterocycles. The van der Waals surface area contributed by atoms with Gasteiger partial charge in [-0.3, -0.25) is 9.69 Å². The smallest absolute Gasteiger partial charge is 0.249 e. The molecule has 0 radical (unpaired) electrons. The van der Waals surface area contributed by atoms with Gasteiger partial charge >= 0.3 is 0 Å². The van der Waals surface area contributed by atoms with Gasteiger partial charge in [0.05, 0.1) is 18.4 Å². The van der Waals surface area contributed by atoms with Crippen molar-refractivity contribution in [1.29, 1.82) is 0 Å². The number of aryl methyl sites for hydroxylation is 1. The van der Waals surface area contributed by atoms with E-state index < -0.39 is 0 Å². The van der Waals surface area contributed by atoms with Crippen molar-refractivity contribution in [2.24, 2.45) is 5.92 Å². The fourth-order valence-electron chi connectivity index (χ4n) is 3.42. The zero-order valence-corrected chi connectivity index (χ0v) is 13.8. The molecule has 3 rings (SSSR count). The van der Waals surface area contributed by atoms with Crippen molar-refractivity contribution < 1.29 is 18.8 Å². The van der Waals surface area contributed by atoms with Crippen molar-refractivity contribution in [3.63, 3.8) is 0 Å². The molecule has 2 aliphatic heterocycles. The van der Waals surface area contributed by atoms with E-state index in [-0.39, 0.29) is 18.1 Å². The van der Waals surface area contributed by atoms with Crippen molar-refractivity contribution in [3.05, 3.63) is 17.5 Å². The van der Waals surface area contributed by atoms with Gasteiger partial charge < -0.3 is 19.3 Å². The van der Waals surface area contributed by atoms with E-state index >= 15 is 0 Å². The van der Waals surface area contributed by atoms with Crippen LogP contribution in [-0.2, 0) is 20.8 Å². The molecule has 1 amide bonds. The molecule has 0 saturated carbocycles. The van der Waals surface area contributed by atoms with Crippen molar-refractivity contribution >= 4 is 5.91 Å². The van der Waals surface area contributed by atoms with Crippen LogP contribution in [0.15, 0.2) is 10.6 Å². The van der Waals surface area contributed by atoms with Gasteiger partial charge in [0.25, 0.3) is 0 Å². The van der Waals surface area contributed by atoms with Crippen LogP contribution in [0, 0.1) is 12.8 Å². The number of carbonyl (C=O) groups excluding carboxylic acids is 1. The van der Waals surface area contributed by atoms with Gasteiger partial charge in [0, 0.05) is 32.8 Å². The minimum Gasteiger partial charge on any atom is -0.383 e. The molecule has 7 heteroatoms. The molecule has 1 N–H and O–H groups in total. The van der Waals surface area contributed by atoms with Crippen LogP contribution in [0.1, 0.15) is 24.3 Å². The molecule has 23 heavy (non-hydrogen) atoms. The number of aromatic nitrogens is 1. The normalized spacial score (nSPS) is 27.8. The lowest BCUT2D eigenvalue weighted by molar-refractivity contribution is -0.133. The summed E-state index contributed by atoms with van der Waals surface area (Å²) in [6.45, 7) is 5.58.